The normalized spacial score (nSPS) is 11.0. The Balaban J connectivity index is 2.01. The van der Waals surface area contributed by atoms with Crippen LogP contribution in [0.1, 0.15) is 11.3 Å². The van der Waals surface area contributed by atoms with Crippen molar-refractivity contribution in [3.8, 4) is 11.3 Å². The van der Waals surface area contributed by atoms with Crippen molar-refractivity contribution in [1.82, 2.24) is 9.55 Å². The Bertz CT molecular complexity index is 752. The SMILES string of the molecule is NCc1c(-c2ccc(F)cc2Cl)ncn1Cc1ccsc1. The van der Waals surface area contributed by atoms with E-state index in [1.165, 1.54) is 17.7 Å². The highest BCUT2D eigenvalue weighted by molar-refractivity contribution is 7.07. The topological polar surface area (TPSA) is 43.8 Å². The lowest BCUT2D eigenvalue weighted by Crippen LogP contribution is -2.08. The summed E-state index contributed by atoms with van der Waals surface area (Å²) in [4.78, 5) is 4.41. The summed E-state index contributed by atoms with van der Waals surface area (Å²) in [6.07, 6.45) is 1.74. The highest BCUT2D eigenvalue weighted by atomic mass is 35.5. The minimum Gasteiger partial charge on any atom is -0.328 e. The van der Waals surface area contributed by atoms with Gasteiger partial charge in [0.15, 0.2) is 0 Å². The average Bonchev–Trinajstić information content (AvgIpc) is 3.09. The first-order valence-electron chi connectivity index (χ1n) is 6.39. The summed E-state index contributed by atoms with van der Waals surface area (Å²) in [6.45, 7) is 1.05. The van der Waals surface area contributed by atoms with Crippen molar-refractivity contribution in [1.29, 1.82) is 0 Å². The highest BCUT2D eigenvalue weighted by Crippen LogP contribution is 2.30. The van der Waals surface area contributed by atoms with Gasteiger partial charge in [-0.15, -0.1) is 0 Å². The van der Waals surface area contributed by atoms with Crippen molar-refractivity contribution < 1.29 is 4.39 Å². The van der Waals surface area contributed by atoms with E-state index < -0.39 is 0 Å². The molecule has 3 rings (SSSR count). The van der Waals surface area contributed by atoms with Crippen molar-refractivity contribution >= 4 is 22.9 Å². The Kier molecular flexibility index (Phi) is 4.05. The van der Waals surface area contributed by atoms with Gasteiger partial charge in [-0.05, 0) is 40.6 Å². The van der Waals surface area contributed by atoms with Crippen LogP contribution in [0.15, 0.2) is 41.4 Å². The Labute approximate surface area is 130 Å². The minimum absolute atomic E-state index is 0.338. The lowest BCUT2D eigenvalue weighted by atomic mass is 10.1. The van der Waals surface area contributed by atoms with Gasteiger partial charge in [-0.2, -0.15) is 11.3 Å². The molecule has 0 bridgehead atoms. The van der Waals surface area contributed by atoms with Crippen LogP contribution in [-0.4, -0.2) is 9.55 Å². The number of rotatable bonds is 4. The number of thiophene rings is 1. The van der Waals surface area contributed by atoms with Gasteiger partial charge in [0.25, 0.3) is 0 Å². The first kappa shape index (κ1) is 14.3. The second kappa shape index (κ2) is 5.97. The molecule has 0 saturated carbocycles. The van der Waals surface area contributed by atoms with E-state index in [1.807, 2.05) is 9.95 Å². The smallest absolute Gasteiger partial charge is 0.124 e. The predicted molar refractivity (Wildman–Crippen MR) is 83.9 cm³/mol. The van der Waals surface area contributed by atoms with Gasteiger partial charge in [0, 0.05) is 18.7 Å². The van der Waals surface area contributed by atoms with Crippen LogP contribution in [0.4, 0.5) is 4.39 Å². The van der Waals surface area contributed by atoms with E-state index >= 15 is 0 Å². The van der Waals surface area contributed by atoms with Crippen LogP contribution in [0.5, 0.6) is 0 Å². The molecule has 0 aliphatic heterocycles. The number of benzene rings is 1. The monoisotopic (exact) mass is 321 g/mol. The second-order valence-electron chi connectivity index (χ2n) is 4.63. The molecule has 0 fully saturated rings. The zero-order valence-corrected chi connectivity index (χ0v) is 12.7. The van der Waals surface area contributed by atoms with Gasteiger partial charge in [0.2, 0.25) is 0 Å². The Morgan fingerprint density at radius 2 is 2.19 bits per heavy atom. The second-order valence-corrected chi connectivity index (χ2v) is 5.81. The van der Waals surface area contributed by atoms with Crippen LogP contribution in [-0.2, 0) is 13.1 Å². The Morgan fingerprint density at radius 3 is 2.86 bits per heavy atom. The molecular formula is C15H13ClFN3S. The fourth-order valence-corrected chi connectivity index (χ4v) is 3.16. The number of imidazole rings is 1. The zero-order chi connectivity index (χ0) is 14.8. The highest BCUT2D eigenvalue weighted by Gasteiger charge is 2.15. The molecule has 6 heteroatoms. The van der Waals surface area contributed by atoms with Crippen LogP contribution < -0.4 is 5.73 Å². The predicted octanol–water partition coefficient (Wildman–Crippen LogP) is 3.91. The third-order valence-corrected chi connectivity index (χ3v) is 4.30. The lowest BCUT2D eigenvalue weighted by molar-refractivity contribution is 0.628. The van der Waals surface area contributed by atoms with Gasteiger partial charge in [-0.3, -0.25) is 0 Å². The number of halogens is 2. The van der Waals surface area contributed by atoms with Gasteiger partial charge < -0.3 is 10.3 Å². The van der Waals surface area contributed by atoms with E-state index in [-0.39, 0.29) is 5.82 Å². The van der Waals surface area contributed by atoms with Crippen molar-refractivity contribution in [2.45, 2.75) is 13.1 Å². The van der Waals surface area contributed by atoms with Crippen molar-refractivity contribution in [2.24, 2.45) is 5.73 Å². The van der Waals surface area contributed by atoms with Crippen molar-refractivity contribution in [3.63, 3.8) is 0 Å². The summed E-state index contributed by atoms with van der Waals surface area (Å²) in [5.74, 6) is -0.365. The maximum absolute atomic E-state index is 13.2. The number of hydrogen-bond donors (Lipinski definition) is 1. The quantitative estimate of drug-likeness (QED) is 0.791. The van der Waals surface area contributed by atoms with Crippen LogP contribution >= 0.6 is 22.9 Å². The molecule has 3 aromatic rings. The van der Waals surface area contributed by atoms with E-state index in [2.05, 4.69) is 16.4 Å². The number of nitrogens with two attached hydrogens (primary N) is 1. The first-order chi connectivity index (χ1) is 10.2. The fourth-order valence-electron chi connectivity index (χ4n) is 2.24. The number of hydrogen-bond acceptors (Lipinski definition) is 3. The molecule has 0 atom stereocenters. The largest absolute Gasteiger partial charge is 0.328 e. The summed E-state index contributed by atoms with van der Waals surface area (Å²) < 4.78 is 15.2. The van der Waals surface area contributed by atoms with Crippen molar-refractivity contribution in [2.75, 3.05) is 0 Å². The average molecular weight is 322 g/mol. The molecule has 2 aromatic heterocycles. The minimum atomic E-state index is -0.365. The molecule has 0 radical (unpaired) electrons. The molecule has 0 saturated heterocycles. The summed E-state index contributed by atoms with van der Waals surface area (Å²) in [5, 5.41) is 4.46. The van der Waals surface area contributed by atoms with Gasteiger partial charge in [0.1, 0.15) is 5.82 Å². The molecule has 1 aromatic carbocycles. The zero-order valence-electron chi connectivity index (χ0n) is 11.1. The maximum atomic E-state index is 13.2. The van der Waals surface area contributed by atoms with Gasteiger partial charge in [-0.1, -0.05) is 11.6 Å². The van der Waals surface area contributed by atoms with E-state index in [0.29, 0.717) is 29.4 Å². The molecule has 0 aliphatic carbocycles. The standard InChI is InChI=1S/C15H13ClFN3S/c16-13-5-11(17)1-2-12(13)15-14(6-18)20(9-19-15)7-10-3-4-21-8-10/h1-5,8-9H,6-7,18H2. The van der Waals surface area contributed by atoms with Gasteiger partial charge in [-0.25, -0.2) is 9.37 Å². The fraction of sp³-hybridized carbons (Fsp3) is 0.133. The van der Waals surface area contributed by atoms with E-state index in [4.69, 9.17) is 17.3 Å². The molecule has 0 unspecified atom stereocenters. The summed E-state index contributed by atoms with van der Waals surface area (Å²) in [7, 11) is 0. The van der Waals surface area contributed by atoms with Gasteiger partial charge >= 0.3 is 0 Å². The third-order valence-electron chi connectivity index (χ3n) is 3.26. The van der Waals surface area contributed by atoms with E-state index in [1.54, 1.807) is 23.7 Å². The molecule has 0 spiro atoms. The van der Waals surface area contributed by atoms with Crippen LogP contribution in [0.3, 0.4) is 0 Å². The number of nitrogens with zero attached hydrogens (tertiary/aromatic N) is 2. The van der Waals surface area contributed by atoms with Gasteiger partial charge in [0.05, 0.1) is 22.7 Å². The van der Waals surface area contributed by atoms with Crippen molar-refractivity contribution in [3.05, 3.63) is 63.5 Å². The van der Waals surface area contributed by atoms with E-state index in [0.717, 1.165) is 5.69 Å². The molecule has 21 heavy (non-hydrogen) atoms. The molecule has 2 N–H and O–H groups in total. The molecular weight excluding hydrogens is 309 g/mol. The summed E-state index contributed by atoms with van der Waals surface area (Å²) in [5.41, 5.74) is 9.35. The van der Waals surface area contributed by atoms with Crippen LogP contribution in [0.25, 0.3) is 11.3 Å². The Hall–Kier alpha value is -1.69. The third kappa shape index (κ3) is 2.85. The maximum Gasteiger partial charge on any atom is 0.124 e. The van der Waals surface area contributed by atoms with Crippen LogP contribution in [0.2, 0.25) is 5.02 Å². The summed E-state index contributed by atoms with van der Waals surface area (Å²) in [6, 6.07) is 6.36. The number of aromatic nitrogens is 2. The molecule has 3 nitrogen and oxygen atoms in total. The Morgan fingerprint density at radius 1 is 1.33 bits per heavy atom. The molecule has 108 valence electrons. The first-order valence-corrected chi connectivity index (χ1v) is 7.71. The lowest BCUT2D eigenvalue weighted by Gasteiger charge is -2.08. The molecule has 0 aliphatic rings. The van der Waals surface area contributed by atoms with E-state index in [9.17, 15) is 4.39 Å². The molecule has 2 heterocycles. The molecule has 0 amide bonds. The van der Waals surface area contributed by atoms with Crippen LogP contribution in [0, 0.1) is 5.82 Å². The summed E-state index contributed by atoms with van der Waals surface area (Å²) >= 11 is 7.77.